The van der Waals surface area contributed by atoms with E-state index in [1.807, 2.05) is 5.38 Å². The highest BCUT2D eigenvalue weighted by atomic mass is 32.1. The molecule has 0 fully saturated rings. The highest BCUT2D eigenvalue weighted by molar-refractivity contribution is 7.14. The topological polar surface area (TPSA) is 50.2 Å². The minimum Gasteiger partial charge on any atom is -0.478 e. The van der Waals surface area contributed by atoms with Gasteiger partial charge >= 0.3 is 5.97 Å². The van der Waals surface area contributed by atoms with Crippen molar-refractivity contribution < 1.29 is 9.90 Å². The van der Waals surface area contributed by atoms with Gasteiger partial charge < -0.3 is 5.11 Å². The Morgan fingerprint density at radius 2 is 2.27 bits per heavy atom. The molecular formula is C10H9NO2S2. The lowest BCUT2D eigenvalue weighted by atomic mass is 10.3. The lowest BCUT2D eigenvalue weighted by Gasteiger charge is -1.87. The van der Waals surface area contributed by atoms with Gasteiger partial charge in [-0.2, -0.15) is 0 Å². The van der Waals surface area contributed by atoms with E-state index in [1.54, 1.807) is 22.8 Å². The summed E-state index contributed by atoms with van der Waals surface area (Å²) in [5.74, 6) is -0.886. The summed E-state index contributed by atoms with van der Waals surface area (Å²) in [5, 5.41) is 13.5. The van der Waals surface area contributed by atoms with Crippen LogP contribution in [0.5, 0.6) is 0 Å². The first-order chi connectivity index (χ1) is 7.20. The Morgan fingerprint density at radius 3 is 2.80 bits per heavy atom. The second-order valence-electron chi connectivity index (χ2n) is 2.98. The Hall–Kier alpha value is -1.20. The number of rotatable bonds is 3. The molecule has 2 aromatic rings. The standard InChI is InChI=1S/C10H9NO2S2/c1-2-9-11-7(5-15-9)8-3-6(4-14-8)10(12)13/h3-5H,2H2,1H3,(H,12,13). The van der Waals surface area contributed by atoms with Crippen LogP contribution in [0.25, 0.3) is 10.6 Å². The van der Waals surface area contributed by atoms with Gasteiger partial charge in [-0.3, -0.25) is 0 Å². The number of aryl methyl sites for hydroxylation is 1. The van der Waals surface area contributed by atoms with Gasteiger partial charge in [0.25, 0.3) is 0 Å². The molecule has 0 bridgehead atoms. The highest BCUT2D eigenvalue weighted by Gasteiger charge is 2.10. The zero-order valence-corrected chi connectivity index (χ0v) is 9.69. The Morgan fingerprint density at radius 1 is 1.47 bits per heavy atom. The summed E-state index contributed by atoms with van der Waals surface area (Å²) >= 11 is 3.03. The molecule has 0 aliphatic carbocycles. The maximum Gasteiger partial charge on any atom is 0.336 e. The summed E-state index contributed by atoms with van der Waals surface area (Å²) in [4.78, 5) is 16.0. The van der Waals surface area contributed by atoms with Gasteiger partial charge in [-0.25, -0.2) is 9.78 Å². The monoisotopic (exact) mass is 239 g/mol. The Labute approximate surface area is 95.0 Å². The third-order valence-electron chi connectivity index (χ3n) is 1.95. The minimum atomic E-state index is -0.886. The number of carboxylic acids is 1. The summed E-state index contributed by atoms with van der Waals surface area (Å²) in [5.41, 5.74) is 1.22. The SMILES string of the molecule is CCc1nc(-c2cc(C(=O)O)cs2)cs1. The summed E-state index contributed by atoms with van der Waals surface area (Å²) < 4.78 is 0. The predicted octanol–water partition coefficient (Wildman–Crippen LogP) is 3.13. The van der Waals surface area contributed by atoms with Crippen molar-refractivity contribution in [3.05, 3.63) is 27.4 Å². The Bertz CT molecular complexity index is 487. The Kier molecular flexibility index (Phi) is 2.83. The van der Waals surface area contributed by atoms with Crippen molar-refractivity contribution in [3.8, 4) is 10.6 Å². The molecule has 0 atom stereocenters. The maximum absolute atomic E-state index is 10.7. The molecule has 78 valence electrons. The van der Waals surface area contributed by atoms with E-state index in [9.17, 15) is 4.79 Å². The molecule has 0 saturated carbocycles. The van der Waals surface area contributed by atoms with Crippen LogP contribution in [0.3, 0.4) is 0 Å². The van der Waals surface area contributed by atoms with Crippen LogP contribution in [0.15, 0.2) is 16.8 Å². The van der Waals surface area contributed by atoms with Gasteiger partial charge in [0.05, 0.1) is 21.1 Å². The van der Waals surface area contributed by atoms with Crippen molar-refractivity contribution in [1.29, 1.82) is 0 Å². The average molecular weight is 239 g/mol. The number of nitrogens with zero attached hydrogens (tertiary/aromatic N) is 1. The number of thiophene rings is 1. The van der Waals surface area contributed by atoms with E-state index in [-0.39, 0.29) is 0 Å². The third-order valence-corrected chi connectivity index (χ3v) is 3.90. The number of hydrogen-bond acceptors (Lipinski definition) is 4. The largest absolute Gasteiger partial charge is 0.478 e. The van der Waals surface area contributed by atoms with Gasteiger partial charge in [-0.1, -0.05) is 6.92 Å². The number of carboxylic acid groups (broad SMARTS) is 1. The van der Waals surface area contributed by atoms with Gasteiger partial charge in [0.2, 0.25) is 0 Å². The lowest BCUT2D eigenvalue weighted by molar-refractivity contribution is 0.0697. The molecule has 0 aliphatic heterocycles. The fourth-order valence-electron chi connectivity index (χ4n) is 1.17. The number of aromatic nitrogens is 1. The third kappa shape index (κ3) is 2.08. The van der Waals surface area contributed by atoms with Crippen LogP contribution >= 0.6 is 22.7 Å². The van der Waals surface area contributed by atoms with Crippen LogP contribution in [0.2, 0.25) is 0 Å². The van der Waals surface area contributed by atoms with E-state index in [2.05, 4.69) is 11.9 Å². The van der Waals surface area contributed by atoms with E-state index in [0.29, 0.717) is 5.56 Å². The number of carbonyl (C=O) groups is 1. The van der Waals surface area contributed by atoms with Crippen molar-refractivity contribution in [1.82, 2.24) is 4.98 Å². The van der Waals surface area contributed by atoms with Crippen molar-refractivity contribution in [2.75, 3.05) is 0 Å². The smallest absolute Gasteiger partial charge is 0.336 e. The molecule has 2 rings (SSSR count). The van der Waals surface area contributed by atoms with Crippen LogP contribution in [0, 0.1) is 0 Å². The molecule has 0 aromatic carbocycles. The molecule has 2 aromatic heterocycles. The molecule has 15 heavy (non-hydrogen) atoms. The summed E-state index contributed by atoms with van der Waals surface area (Å²) in [6, 6.07) is 1.67. The summed E-state index contributed by atoms with van der Waals surface area (Å²) in [6.07, 6.45) is 0.918. The molecule has 0 saturated heterocycles. The molecule has 0 amide bonds. The van der Waals surface area contributed by atoms with Gasteiger partial charge in [-0.05, 0) is 12.5 Å². The van der Waals surface area contributed by atoms with E-state index in [0.717, 1.165) is 22.0 Å². The first kappa shape index (κ1) is 10.3. The molecule has 5 heteroatoms. The zero-order valence-electron chi connectivity index (χ0n) is 8.06. The molecule has 0 unspecified atom stereocenters. The lowest BCUT2D eigenvalue weighted by Crippen LogP contribution is -1.91. The quantitative estimate of drug-likeness (QED) is 0.895. The van der Waals surface area contributed by atoms with Gasteiger partial charge in [0.1, 0.15) is 0 Å². The molecular weight excluding hydrogens is 230 g/mol. The maximum atomic E-state index is 10.7. The molecule has 3 nitrogen and oxygen atoms in total. The fourth-order valence-corrected chi connectivity index (χ4v) is 2.83. The molecule has 0 radical (unpaired) electrons. The minimum absolute atomic E-state index is 0.334. The van der Waals surface area contributed by atoms with Crippen molar-refractivity contribution in [2.24, 2.45) is 0 Å². The van der Waals surface area contributed by atoms with E-state index in [1.165, 1.54) is 11.3 Å². The zero-order chi connectivity index (χ0) is 10.8. The molecule has 1 N–H and O–H groups in total. The first-order valence-electron chi connectivity index (χ1n) is 4.47. The number of thiazole rings is 1. The number of hydrogen-bond donors (Lipinski definition) is 1. The van der Waals surface area contributed by atoms with Crippen LogP contribution in [0.4, 0.5) is 0 Å². The van der Waals surface area contributed by atoms with Crippen LogP contribution in [-0.2, 0) is 6.42 Å². The molecule has 0 aliphatic rings. The second-order valence-corrected chi connectivity index (χ2v) is 4.84. The Balaban J connectivity index is 2.32. The van der Waals surface area contributed by atoms with Crippen molar-refractivity contribution in [2.45, 2.75) is 13.3 Å². The predicted molar refractivity (Wildman–Crippen MR) is 61.8 cm³/mol. The summed E-state index contributed by atoms with van der Waals surface area (Å²) in [7, 11) is 0. The van der Waals surface area contributed by atoms with Gasteiger partial charge in [0.15, 0.2) is 0 Å². The van der Waals surface area contributed by atoms with E-state index >= 15 is 0 Å². The van der Waals surface area contributed by atoms with E-state index < -0.39 is 5.97 Å². The van der Waals surface area contributed by atoms with Crippen LogP contribution < -0.4 is 0 Å². The highest BCUT2D eigenvalue weighted by Crippen LogP contribution is 2.28. The van der Waals surface area contributed by atoms with Gasteiger partial charge in [-0.15, -0.1) is 22.7 Å². The first-order valence-corrected chi connectivity index (χ1v) is 6.23. The molecule has 2 heterocycles. The fraction of sp³-hybridized carbons (Fsp3) is 0.200. The van der Waals surface area contributed by atoms with Crippen molar-refractivity contribution in [3.63, 3.8) is 0 Å². The normalized spacial score (nSPS) is 10.5. The van der Waals surface area contributed by atoms with E-state index in [4.69, 9.17) is 5.11 Å². The summed E-state index contributed by atoms with van der Waals surface area (Å²) in [6.45, 7) is 2.06. The van der Waals surface area contributed by atoms with Crippen LogP contribution in [-0.4, -0.2) is 16.1 Å². The van der Waals surface area contributed by atoms with Gasteiger partial charge in [0, 0.05) is 10.8 Å². The van der Waals surface area contributed by atoms with Crippen LogP contribution in [0.1, 0.15) is 22.3 Å². The second kappa shape index (κ2) is 4.12. The number of aromatic carboxylic acids is 1. The molecule has 0 spiro atoms. The average Bonchev–Trinajstić information content (AvgIpc) is 2.86. The van der Waals surface area contributed by atoms with Crippen molar-refractivity contribution >= 4 is 28.6 Å².